The summed E-state index contributed by atoms with van der Waals surface area (Å²) in [5.74, 6) is -1.35. The van der Waals surface area contributed by atoms with E-state index in [2.05, 4.69) is 0 Å². The number of halogens is 1. The van der Waals surface area contributed by atoms with Crippen molar-refractivity contribution in [3.05, 3.63) is 21.3 Å². The molecule has 0 fully saturated rings. The predicted molar refractivity (Wildman–Crippen MR) is 45.4 cm³/mol. The molecule has 0 radical (unpaired) electrons. The van der Waals surface area contributed by atoms with Crippen LogP contribution in [-0.4, -0.2) is 11.1 Å². The quantitative estimate of drug-likeness (QED) is 0.779. The second kappa shape index (κ2) is 3.24. The first-order valence-electron chi connectivity index (χ1n) is 3.07. The molecule has 0 aromatic carbocycles. The average Bonchev–Trinajstić information content (AvgIpc) is 2.33. The molecule has 11 heavy (non-hydrogen) atoms. The molecule has 1 heterocycles. The maximum absolute atomic E-state index is 10.5. The SMILES string of the molecule is CC(C(=O)O)c1cscc1Cl. The van der Waals surface area contributed by atoms with E-state index in [9.17, 15) is 4.79 Å². The maximum atomic E-state index is 10.5. The van der Waals surface area contributed by atoms with Crippen molar-refractivity contribution in [2.24, 2.45) is 0 Å². The van der Waals surface area contributed by atoms with Gasteiger partial charge in [-0.05, 0) is 17.9 Å². The number of carboxylic acid groups (broad SMARTS) is 1. The zero-order chi connectivity index (χ0) is 8.43. The second-order valence-corrected chi connectivity index (χ2v) is 3.39. The Balaban J connectivity index is 2.92. The fourth-order valence-corrected chi connectivity index (χ4v) is 1.97. The van der Waals surface area contributed by atoms with Crippen LogP contribution < -0.4 is 0 Å². The number of carbonyl (C=O) groups is 1. The maximum Gasteiger partial charge on any atom is 0.310 e. The number of hydrogen-bond donors (Lipinski definition) is 1. The summed E-state index contributed by atoms with van der Waals surface area (Å²) < 4.78 is 0. The van der Waals surface area contributed by atoms with Crippen LogP contribution in [0.15, 0.2) is 10.8 Å². The predicted octanol–water partition coefficient (Wildman–Crippen LogP) is 2.59. The lowest BCUT2D eigenvalue weighted by atomic mass is 10.1. The summed E-state index contributed by atoms with van der Waals surface area (Å²) in [6.07, 6.45) is 0. The minimum absolute atomic E-state index is 0.506. The smallest absolute Gasteiger partial charge is 0.310 e. The monoisotopic (exact) mass is 190 g/mol. The second-order valence-electron chi connectivity index (χ2n) is 2.23. The van der Waals surface area contributed by atoms with Gasteiger partial charge in [-0.25, -0.2) is 0 Å². The van der Waals surface area contributed by atoms with Crippen LogP contribution in [0.3, 0.4) is 0 Å². The summed E-state index contributed by atoms with van der Waals surface area (Å²) in [4.78, 5) is 10.5. The third-order valence-electron chi connectivity index (χ3n) is 1.48. The summed E-state index contributed by atoms with van der Waals surface area (Å²) >= 11 is 7.14. The van der Waals surface area contributed by atoms with Crippen molar-refractivity contribution >= 4 is 28.9 Å². The van der Waals surface area contributed by atoms with Gasteiger partial charge in [0.05, 0.1) is 10.9 Å². The highest BCUT2D eigenvalue weighted by Crippen LogP contribution is 2.27. The topological polar surface area (TPSA) is 37.3 Å². The molecule has 1 N–H and O–H groups in total. The molecule has 0 aliphatic rings. The molecule has 1 aromatic heterocycles. The molecule has 60 valence electrons. The van der Waals surface area contributed by atoms with E-state index >= 15 is 0 Å². The molecule has 0 spiro atoms. The number of aliphatic carboxylic acids is 1. The Labute approximate surface area is 73.4 Å². The largest absolute Gasteiger partial charge is 0.481 e. The van der Waals surface area contributed by atoms with Crippen molar-refractivity contribution in [2.75, 3.05) is 0 Å². The van der Waals surface area contributed by atoms with E-state index in [4.69, 9.17) is 16.7 Å². The van der Waals surface area contributed by atoms with E-state index in [0.717, 1.165) is 0 Å². The van der Waals surface area contributed by atoms with Crippen molar-refractivity contribution in [2.45, 2.75) is 12.8 Å². The molecular weight excluding hydrogens is 184 g/mol. The van der Waals surface area contributed by atoms with Gasteiger partial charge in [-0.1, -0.05) is 11.6 Å². The van der Waals surface area contributed by atoms with Crippen molar-refractivity contribution < 1.29 is 9.90 Å². The third kappa shape index (κ3) is 1.73. The lowest BCUT2D eigenvalue weighted by Crippen LogP contribution is -2.06. The van der Waals surface area contributed by atoms with Crippen LogP contribution >= 0.6 is 22.9 Å². The minimum atomic E-state index is -0.842. The van der Waals surface area contributed by atoms with Gasteiger partial charge in [0.25, 0.3) is 0 Å². The number of carboxylic acids is 1. The van der Waals surface area contributed by atoms with Crippen molar-refractivity contribution in [1.29, 1.82) is 0 Å². The Bertz CT molecular complexity index is 269. The average molecular weight is 191 g/mol. The van der Waals surface area contributed by atoms with Crippen LogP contribution in [0.1, 0.15) is 18.4 Å². The number of thiophene rings is 1. The van der Waals surface area contributed by atoms with E-state index in [1.807, 2.05) is 0 Å². The van der Waals surface area contributed by atoms with Crippen LogP contribution in [0, 0.1) is 0 Å². The molecule has 0 bridgehead atoms. The van der Waals surface area contributed by atoms with Crippen LogP contribution in [-0.2, 0) is 4.79 Å². The van der Waals surface area contributed by atoms with Crippen molar-refractivity contribution in [3.63, 3.8) is 0 Å². The molecule has 0 amide bonds. The van der Waals surface area contributed by atoms with Gasteiger partial charge in [-0.2, -0.15) is 11.3 Å². The van der Waals surface area contributed by atoms with E-state index in [1.54, 1.807) is 17.7 Å². The summed E-state index contributed by atoms with van der Waals surface area (Å²) in [5, 5.41) is 12.7. The van der Waals surface area contributed by atoms with Gasteiger partial charge in [0.1, 0.15) is 0 Å². The number of rotatable bonds is 2. The molecular formula is C7H7ClO2S. The van der Waals surface area contributed by atoms with E-state index in [1.165, 1.54) is 11.3 Å². The molecule has 1 aromatic rings. The van der Waals surface area contributed by atoms with Crippen LogP contribution in [0.5, 0.6) is 0 Å². The lowest BCUT2D eigenvalue weighted by molar-refractivity contribution is -0.138. The fourth-order valence-electron chi connectivity index (χ4n) is 0.733. The highest BCUT2D eigenvalue weighted by molar-refractivity contribution is 7.08. The first-order chi connectivity index (χ1) is 5.13. The van der Waals surface area contributed by atoms with E-state index in [0.29, 0.717) is 10.6 Å². The molecule has 0 saturated heterocycles. The fraction of sp³-hybridized carbons (Fsp3) is 0.286. The molecule has 0 aliphatic carbocycles. The van der Waals surface area contributed by atoms with E-state index < -0.39 is 11.9 Å². The van der Waals surface area contributed by atoms with Gasteiger partial charge >= 0.3 is 5.97 Å². The molecule has 2 nitrogen and oxygen atoms in total. The van der Waals surface area contributed by atoms with E-state index in [-0.39, 0.29) is 0 Å². The van der Waals surface area contributed by atoms with Crippen molar-refractivity contribution in [1.82, 2.24) is 0 Å². The summed E-state index contributed by atoms with van der Waals surface area (Å²) in [6, 6.07) is 0. The Kier molecular flexibility index (Phi) is 2.52. The summed E-state index contributed by atoms with van der Waals surface area (Å²) in [5.41, 5.74) is 0.698. The molecule has 1 rings (SSSR count). The lowest BCUT2D eigenvalue weighted by Gasteiger charge is -2.02. The molecule has 4 heteroatoms. The molecule has 0 aliphatic heterocycles. The standard InChI is InChI=1S/C7H7ClO2S/c1-4(7(9)10)5-2-11-3-6(5)8/h2-4H,1H3,(H,9,10). The van der Waals surface area contributed by atoms with Gasteiger partial charge in [-0.3, -0.25) is 4.79 Å². The molecule has 1 atom stereocenters. The third-order valence-corrected chi connectivity index (χ3v) is 2.70. The zero-order valence-corrected chi connectivity index (χ0v) is 7.45. The highest BCUT2D eigenvalue weighted by atomic mass is 35.5. The van der Waals surface area contributed by atoms with Crippen LogP contribution in [0.2, 0.25) is 5.02 Å². The Morgan fingerprint density at radius 2 is 2.36 bits per heavy atom. The summed E-state index contributed by atoms with van der Waals surface area (Å²) in [6.45, 7) is 1.62. The highest BCUT2D eigenvalue weighted by Gasteiger charge is 2.16. The Hall–Kier alpha value is -0.540. The molecule has 1 unspecified atom stereocenters. The van der Waals surface area contributed by atoms with Gasteiger partial charge in [0.15, 0.2) is 0 Å². The van der Waals surface area contributed by atoms with Crippen molar-refractivity contribution in [3.8, 4) is 0 Å². The van der Waals surface area contributed by atoms with Crippen LogP contribution in [0.4, 0.5) is 0 Å². The minimum Gasteiger partial charge on any atom is -0.481 e. The van der Waals surface area contributed by atoms with Gasteiger partial charge in [-0.15, -0.1) is 0 Å². The molecule has 0 saturated carbocycles. The van der Waals surface area contributed by atoms with Gasteiger partial charge in [0.2, 0.25) is 0 Å². The first kappa shape index (κ1) is 8.56. The zero-order valence-electron chi connectivity index (χ0n) is 5.87. The first-order valence-corrected chi connectivity index (χ1v) is 4.39. The van der Waals surface area contributed by atoms with Crippen LogP contribution in [0.25, 0.3) is 0 Å². The van der Waals surface area contributed by atoms with Gasteiger partial charge < -0.3 is 5.11 Å². The normalized spacial score (nSPS) is 12.9. The number of hydrogen-bond acceptors (Lipinski definition) is 2. The van der Waals surface area contributed by atoms with Gasteiger partial charge in [0, 0.05) is 5.38 Å². The Morgan fingerprint density at radius 3 is 2.73 bits per heavy atom. The summed E-state index contributed by atoms with van der Waals surface area (Å²) in [7, 11) is 0. The Morgan fingerprint density at radius 1 is 1.73 bits per heavy atom.